The minimum Gasteiger partial charge on any atom is -0.457 e. The molecule has 92 valence electrons. The van der Waals surface area contributed by atoms with Crippen molar-refractivity contribution in [1.82, 2.24) is 4.90 Å². The van der Waals surface area contributed by atoms with Gasteiger partial charge >= 0.3 is 5.97 Å². The van der Waals surface area contributed by atoms with Crippen LogP contribution >= 0.6 is 0 Å². The minimum absolute atomic E-state index is 0.0592. The van der Waals surface area contributed by atoms with Crippen LogP contribution in [0.5, 0.6) is 0 Å². The third kappa shape index (κ3) is 2.29. The van der Waals surface area contributed by atoms with Crippen LogP contribution in [-0.2, 0) is 9.53 Å². The highest BCUT2D eigenvalue weighted by Gasteiger charge is 2.46. The summed E-state index contributed by atoms with van der Waals surface area (Å²) in [6.45, 7) is 12.1. The van der Waals surface area contributed by atoms with E-state index in [1.165, 1.54) is 6.08 Å². The number of esters is 1. The molecule has 1 aliphatic rings. The van der Waals surface area contributed by atoms with E-state index in [0.717, 1.165) is 12.8 Å². The molecule has 3 nitrogen and oxygen atoms in total. The summed E-state index contributed by atoms with van der Waals surface area (Å²) in [4.78, 5) is 13.6. The first kappa shape index (κ1) is 13.2. The van der Waals surface area contributed by atoms with Crippen LogP contribution in [0.3, 0.4) is 0 Å². The number of carbonyl (C=O) groups is 1. The summed E-state index contributed by atoms with van der Waals surface area (Å²) in [5.41, 5.74) is 0.0149. The number of nitrogens with zero attached hydrogens (tertiary/aromatic N) is 1. The van der Waals surface area contributed by atoms with Crippen molar-refractivity contribution in [1.29, 1.82) is 0 Å². The SMILES string of the molecule is C=CC(=O)OC1CCC(C)(C)N(C)C1(C)C. The topological polar surface area (TPSA) is 29.5 Å². The second-order valence-electron chi connectivity index (χ2n) is 5.69. The smallest absolute Gasteiger partial charge is 0.330 e. The maximum Gasteiger partial charge on any atom is 0.330 e. The van der Waals surface area contributed by atoms with Crippen LogP contribution in [0, 0.1) is 0 Å². The largest absolute Gasteiger partial charge is 0.457 e. The molecule has 1 fully saturated rings. The van der Waals surface area contributed by atoms with Gasteiger partial charge < -0.3 is 4.74 Å². The van der Waals surface area contributed by atoms with Crippen molar-refractivity contribution in [2.75, 3.05) is 7.05 Å². The van der Waals surface area contributed by atoms with E-state index >= 15 is 0 Å². The zero-order valence-corrected chi connectivity index (χ0v) is 11.0. The van der Waals surface area contributed by atoms with Crippen molar-refractivity contribution in [2.45, 2.75) is 57.7 Å². The van der Waals surface area contributed by atoms with Crippen molar-refractivity contribution in [3.8, 4) is 0 Å². The van der Waals surface area contributed by atoms with E-state index in [0.29, 0.717) is 0 Å². The Labute approximate surface area is 98.5 Å². The van der Waals surface area contributed by atoms with Crippen LogP contribution in [0.1, 0.15) is 40.5 Å². The summed E-state index contributed by atoms with van der Waals surface area (Å²) in [5, 5.41) is 0. The summed E-state index contributed by atoms with van der Waals surface area (Å²) < 4.78 is 5.42. The van der Waals surface area contributed by atoms with Gasteiger partial charge in [-0.15, -0.1) is 0 Å². The maximum absolute atomic E-state index is 11.3. The molecule has 0 N–H and O–H groups in total. The summed E-state index contributed by atoms with van der Waals surface area (Å²) in [6, 6.07) is 0. The Morgan fingerprint density at radius 3 is 2.50 bits per heavy atom. The van der Waals surface area contributed by atoms with Gasteiger partial charge in [0, 0.05) is 11.6 Å². The van der Waals surface area contributed by atoms with Crippen LogP contribution < -0.4 is 0 Å². The van der Waals surface area contributed by atoms with Crippen molar-refractivity contribution >= 4 is 5.97 Å². The lowest BCUT2D eigenvalue weighted by molar-refractivity contribution is -0.161. The fourth-order valence-corrected chi connectivity index (χ4v) is 2.39. The molecule has 1 atom stereocenters. The van der Waals surface area contributed by atoms with E-state index in [4.69, 9.17) is 4.74 Å². The number of likely N-dealkylation sites (tertiary alicyclic amines) is 1. The zero-order chi connectivity index (χ0) is 12.6. The third-order valence-electron chi connectivity index (χ3n) is 4.00. The molecule has 0 aromatic heterocycles. The van der Waals surface area contributed by atoms with E-state index in [2.05, 4.69) is 46.2 Å². The highest BCUT2D eigenvalue weighted by atomic mass is 16.5. The Bertz CT molecular complexity index is 294. The van der Waals surface area contributed by atoms with E-state index in [9.17, 15) is 4.79 Å². The Morgan fingerprint density at radius 2 is 2.00 bits per heavy atom. The average Bonchev–Trinajstić information content (AvgIpc) is 2.20. The first-order valence-electron chi connectivity index (χ1n) is 5.79. The summed E-state index contributed by atoms with van der Waals surface area (Å²) in [5.74, 6) is -0.328. The zero-order valence-electron chi connectivity index (χ0n) is 11.0. The van der Waals surface area contributed by atoms with Crippen molar-refractivity contribution in [2.24, 2.45) is 0 Å². The van der Waals surface area contributed by atoms with Crippen LogP contribution in [0.25, 0.3) is 0 Å². The van der Waals surface area contributed by atoms with Gasteiger partial charge in [0.05, 0.1) is 5.54 Å². The highest BCUT2D eigenvalue weighted by Crippen LogP contribution is 2.38. The fourth-order valence-electron chi connectivity index (χ4n) is 2.39. The molecule has 1 aliphatic heterocycles. The van der Waals surface area contributed by atoms with Crippen molar-refractivity contribution < 1.29 is 9.53 Å². The standard InChI is InChI=1S/C13H23NO2/c1-7-11(15)16-10-8-9-12(2,3)14(6)13(10,4)5/h7,10H,1,8-9H2,2-6H3. The van der Waals surface area contributed by atoms with Crippen LogP contribution in [-0.4, -0.2) is 35.1 Å². The lowest BCUT2D eigenvalue weighted by Gasteiger charge is -2.54. The van der Waals surface area contributed by atoms with Gasteiger partial charge in [0.1, 0.15) is 6.10 Å². The van der Waals surface area contributed by atoms with Crippen molar-refractivity contribution in [3.05, 3.63) is 12.7 Å². The number of rotatable bonds is 2. The normalized spacial score (nSPS) is 28.4. The Kier molecular flexibility index (Phi) is 3.48. The summed E-state index contributed by atoms with van der Waals surface area (Å²) in [6.07, 6.45) is 3.11. The highest BCUT2D eigenvalue weighted by molar-refractivity contribution is 5.81. The predicted octanol–water partition coefficient (Wildman–Crippen LogP) is 2.37. The number of carbonyl (C=O) groups excluding carboxylic acids is 1. The number of hydrogen-bond donors (Lipinski definition) is 0. The van der Waals surface area contributed by atoms with E-state index in [1.807, 2.05) is 0 Å². The van der Waals surface area contributed by atoms with Gasteiger partial charge in [-0.1, -0.05) is 6.58 Å². The van der Waals surface area contributed by atoms with Crippen LogP contribution in [0.4, 0.5) is 0 Å². The molecule has 0 spiro atoms. The Balaban J connectivity index is 2.83. The second-order valence-corrected chi connectivity index (χ2v) is 5.69. The van der Waals surface area contributed by atoms with Gasteiger partial charge in [-0.25, -0.2) is 4.79 Å². The molecule has 0 aromatic carbocycles. The maximum atomic E-state index is 11.3. The van der Waals surface area contributed by atoms with Gasteiger partial charge in [-0.3, -0.25) is 4.90 Å². The molecule has 16 heavy (non-hydrogen) atoms. The van der Waals surface area contributed by atoms with E-state index < -0.39 is 0 Å². The van der Waals surface area contributed by atoms with Crippen molar-refractivity contribution in [3.63, 3.8) is 0 Å². The third-order valence-corrected chi connectivity index (χ3v) is 4.00. The number of likely N-dealkylation sites (N-methyl/N-ethyl adjacent to an activating group) is 1. The number of piperidine rings is 1. The quantitative estimate of drug-likeness (QED) is 0.534. The molecule has 1 rings (SSSR count). The molecule has 3 heteroatoms. The molecule has 0 bridgehead atoms. The van der Waals surface area contributed by atoms with Gasteiger partial charge in [0.15, 0.2) is 0 Å². The average molecular weight is 225 g/mol. The lowest BCUT2D eigenvalue weighted by Crippen LogP contribution is -2.63. The molecule has 1 heterocycles. The van der Waals surface area contributed by atoms with Gasteiger partial charge in [0.2, 0.25) is 0 Å². The first-order chi connectivity index (χ1) is 7.21. The summed E-state index contributed by atoms with van der Waals surface area (Å²) >= 11 is 0. The molecular formula is C13H23NO2. The number of hydrogen-bond acceptors (Lipinski definition) is 3. The van der Waals surface area contributed by atoms with Gasteiger partial charge in [0.25, 0.3) is 0 Å². The minimum atomic E-state index is -0.328. The predicted molar refractivity (Wildman–Crippen MR) is 65.2 cm³/mol. The van der Waals surface area contributed by atoms with Gasteiger partial charge in [-0.2, -0.15) is 0 Å². The molecule has 0 amide bonds. The van der Waals surface area contributed by atoms with E-state index in [-0.39, 0.29) is 23.2 Å². The molecule has 1 unspecified atom stereocenters. The monoisotopic (exact) mass is 225 g/mol. The number of ether oxygens (including phenoxy) is 1. The molecule has 0 aliphatic carbocycles. The van der Waals surface area contributed by atoms with Crippen LogP contribution in [0.2, 0.25) is 0 Å². The van der Waals surface area contributed by atoms with Crippen LogP contribution in [0.15, 0.2) is 12.7 Å². The fraction of sp³-hybridized carbons (Fsp3) is 0.769. The second kappa shape index (κ2) is 4.21. The molecule has 1 saturated heterocycles. The molecule has 0 radical (unpaired) electrons. The van der Waals surface area contributed by atoms with Gasteiger partial charge in [-0.05, 0) is 47.6 Å². The van der Waals surface area contributed by atoms with E-state index in [1.54, 1.807) is 0 Å². The summed E-state index contributed by atoms with van der Waals surface area (Å²) in [7, 11) is 2.09. The Morgan fingerprint density at radius 1 is 1.44 bits per heavy atom. The molecule has 0 saturated carbocycles. The molecular weight excluding hydrogens is 202 g/mol. The lowest BCUT2D eigenvalue weighted by atomic mass is 9.78. The first-order valence-corrected chi connectivity index (χ1v) is 5.79. The Hall–Kier alpha value is -0.830. The molecule has 0 aromatic rings.